The molecule has 0 aliphatic heterocycles. The Hall–Kier alpha value is -3.44. The third kappa shape index (κ3) is 4.48. The molecular weight excluding hydrogens is 474 g/mol. The van der Waals surface area contributed by atoms with Crippen molar-refractivity contribution in [2.45, 2.75) is 49.6 Å². The molecule has 3 aromatic heterocycles. The van der Waals surface area contributed by atoms with Crippen molar-refractivity contribution in [1.29, 1.82) is 0 Å². The smallest absolute Gasteiger partial charge is 0.269 e. The van der Waals surface area contributed by atoms with E-state index in [4.69, 9.17) is 5.73 Å². The number of benzene rings is 1. The van der Waals surface area contributed by atoms with Crippen LogP contribution in [0.3, 0.4) is 0 Å². The molecule has 1 aromatic carbocycles. The van der Waals surface area contributed by atoms with Crippen LogP contribution in [0.4, 0.5) is 14.6 Å². The van der Waals surface area contributed by atoms with E-state index in [1.807, 2.05) is 6.92 Å². The number of halogens is 2. The second-order valence-electron chi connectivity index (χ2n) is 8.84. The first-order chi connectivity index (χ1) is 16.7. The molecule has 11 heteroatoms. The van der Waals surface area contributed by atoms with Gasteiger partial charge in [-0.2, -0.15) is 0 Å². The van der Waals surface area contributed by atoms with Crippen molar-refractivity contribution >= 4 is 26.9 Å². The predicted octanol–water partition coefficient (Wildman–Crippen LogP) is 4.00. The summed E-state index contributed by atoms with van der Waals surface area (Å²) >= 11 is 0. The lowest BCUT2D eigenvalue weighted by Crippen LogP contribution is -2.35. The summed E-state index contributed by atoms with van der Waals surface area (Å²) < 4.78 is 56.5. The number of anilines is 1. The molecule has 1 aliphatic rings. The Morgan fingerprint density at radius 2 is 1.89 bits per heavy atom. The summed E-state index contributed by atoms with van der Waals surface area (Å²) in [5.41, 5.74) is 7.18. The Balaban J connectivity index is 1.61. The van der Waals surface area contributed by atoms with Gasteiger partial charge in [-0.25, -0.2) is 36.1 Å². The zero-order chi connectivity index (χ0) is 24.7. The molecule has 0 spiro atoms. The highest BCUT2D eigenvalue weighted by Gasteiger charge is 2.25. The van der Waals surface area contributed by atoms with E-state index in [1.54, 1.807) is 12.1 Å². The molecule has 0 bridgehead atoms. The zero-order valence-electron chi connectivity index (χ0n) is 18.9. The maximum Gasteiger partial charge on any atom is 0.269 e. The predicted molar refractivity (Wildman–Crippen MR) is 128 cm³/mol. The Labute approximate surface area is 201 Å². The molecule has 182 valence electrons. The number of rotatable bonds is 5. The van der Waals surface area contributed by atoms with Crippen LogP contribution in [0.5, 0.6) is 0 Å². The van der Waals surface area contributed by atoms with E-state index in [2.05, 4.69) is 20.3 Å². The van der Waals surface area contributed by atoms with E-state index in [0.29, 0.717) is 6.42 Å². The van der Waals surface area contributed by atoms with E-state index in [-0.39, 0.29) is 45.2 Å². The van der Waals surface area contributed by atoms with E-state index in [1.165, 1.54) is 24.4 Å². The summed E-state index contributed by atoms with van der Waals surface area (Å²) in [6.45, 7) is 1.85. The fraction of sp³-hybridized carbons (Fsp3) is 0.292. The lowest BCUT2D eigenvalue weighted by Gasteiger charge is -2.27. The van der Waals surface area contributed by atoms with Crippen LogP contribution in [-0.4, -0.2) is 39.4 Å². The highest BCUT2D eigenvalue weighted by Crippen LogP contribution is 2.32. The first-order valence-electron chi connectivity index (χ1n) is 11.3. The average Bonchev–Trinajstić information content (AvgIpc) is 3.20. The van der Waals surface area contributed by atoms with E-state index in [9.17, 15) is 17.2 Å². The van der Waals surface area contributed by atoms with E-state index < -0.39 is 21.7 Å². The van der Waals surface area contributed by atoms with Crippen LogP contribution in [0, 0.1) is 18.6 Å². The quantitative estimate of drug-likeness (QED) is 0.427. The van der Waals surface area contributed by atoms with Gasteiger partial charge < -0.3 is 11.1 Å². The summed E-state index contributed by atoms with van der Waals surface area (Å²) in [7, 11) is -4.06. The largest absolute Gasteiger partial charge is 0.365 e. The Morgan fingerprint density at radius 3 is 2.63 bits per heavy atom. The number of hydrogen-bond donors (Lipinski definition) is 2. The second-order valence-corrected chi connectivity index (χ2v) is 10.7. The molecule has 1 aliphatic carbocycles. The Bertz CT molecular complexity index is 1500. The lowest BCUT2D eigenvalue weighted by molar-refractivity contribution is 0.407. The van der Waals surface area contributed by atoms with Crippen LogP contribution in [-0.2, 0) is 10.0 Å². The van der Waals surface area contributed by atoms with Gasteiger partial charge in [-0.15, -0.1) is 0 Å². The van der Waals surface area contributed by atoms with Crippen LogP contribution < -0.4 is 11.1 Å². The van der Waals surface area contributed by atoms with Crippen molar-refractivity contribution in [3.63, 3.8) is 0 Å². The molecule has 0 amide bonds. The van der Waals surface area contributed by atoms with Crippen molar-refractivity contribution in [3.8, 4) is 11.4 Å². The minimum atomic E-state index is -4.06. The van der Waals surface area contributed by atoms with Gasteiger partial charge in [0.1, 0.15) is 5.82 Å². The molecule has 5 rings (SSSR count). The standard InChI is InChI=1S/C24H24F2N6O2S/c1-14-5-7-18(8-6-14)35(33,34)32-13-20(19-9-15(25)11-29-24(19)32)22-28-12-21(26)23(31-22)30-17-4-2-3-16(27)10-17/h5-9,11-13,16-17H,2-4,10,27H2,1H3,(H,28,30,31)/t16-,17?/m1/s1. The van der Waals surface area contributed by atoms with Crippen molar-refractivity contribution in [2.24, 2.45) is 5.73 Å². The molecule has 35 heavy (non-hydrogen) atoms. The zero-order valence-corrected chi connectivity index (χ0v) is 19.8. The summed E-state index contributed by atoms with van der Waals surface area (Å²) in [6, 6.07) is 7.51. The van der Waals surface area contributed by atoms with Gasteiger partial charge in [0.15, 0.2) is 23.1 Å². The van der Waals surface area contributed by atoms with Crippen LogP contribution in [0.15, 0.2) is 53.8 Å². The molecule has 3 heterocycles. The number of aryl methyl sites for hydroxylation is 1. The number of nitrogens with two attached hydrogens (primary N) is 1. The van der Waals surface area contributed by atoms with Crippen LogP contribution in [0.25, 0.3) is 22.4 Å². The molecular formula is C24H24F2N6O2S. The van der Waals surface area contributed by atoms with Gasteiger partial charge in [-0.1, -0.05) is 17.7 Å². The maximum atomic E-state index is 14.6. The fourth-order valence-corrected chi connectivity index (χ4v) is 5.71. The van der Waals surface area contributed by atoms with Gasteiger partial charge in [0.05, 0.1) is 17.3 Å². The summed E-state index contributed by atoms with van der Waals surface area (Å²) in [5.74, 6) is -1.26. The molecule has 0 radical (unpaired) electrons. The number of pyridine rings is 1. The molecule has 1 saturated carbocycles. The third-order valence-corrected chi connectivity index (χ3v) is 7.86. The summed E-state index contributed by atoms with van der Waals surface area (Å²) in [5, 5.41) is 3.29. The molecule has 2 atom stereocenters. The van der Waals surface area contributed by atoms with Gasteiger partial charge in [0.25, 0.3) is 10.0 Å². The molecule has 1 fully saturated rings. The SMILES string of the molecule is Cc1ccc(S(=O)(=O)n2cc(-c3ncc(F)c(NC4CCC[C@@H](N)C4)n3)c3cc(F)cnc32)cc1. The van der Waals surface area contributed by atoms with Crippen LogP contribution in [0.1, 0.15) is 31.2 Å². The van der Waals surface area contributed by atoms with Gasteiger partial charge in [-0.3, -0.25) is 0 Å². The van der Waals surface area contributed by atoms with Gasteiger partial charge in [0.2, 0.25) is 0 Å². The van der Waals surface area contributed by atoms with Crippen molar-refractivity contribution in [2.75, 3.05) is 5.32 Å². The summed E-state index contributed by atoms with van der Waals surface area (Å²) in [4.78, 5) is 12.5. The fourth-order valence-electron chi connectivity index (χ4n) is 4.39. The molecule has 0 saturated heterocycles. The second kappa shape index (κ2) is 8.97. The number of hydrogen-bond acceptors (Lipinski definition) is 7. The monoisotopic (exact) mass is 498 g/mol. The van der Waals surface area contributed by atoms with Crippen LogP contribution in [0.2, 0.25) is 0 Å². The number of nitrogens with zero attached hydrogens (tertiary/aromatic N) is 4. The maximum absolute atomic E-state index is 14.6. The average molecular weight is 499 g/mol. The highest BCUT2D eigenvalue weighted by atomic mass is 32.2. The number of nitrogens with one attached hydrogen (secondary N) is 1. The molecule has 8 nitrogen and oxygen atoms in total. The first-order valence-corrected chi connectivity index (χ1v) is 12.7. The molecule has 1 unspecified atom stereocenters. The first kappa shape index (κ1) is 23.3. The summed E-state index contributed by atoms with van der Waals surface area (Å²) in [6.07, 6.45) is 6.60. The van der Waals surface area contributed by atoms with Gasteiger partial charge in [-0.05, 0) is 50.8 Å². The van der Waals surface area contributed by atoms with E-state index in [0.717, 1.165) is 41.2 Å². The Morgan fingerprint density at radius 1 is 1.11 bits per heavy atom. The lowest BCUT2D eigenvalue weighted by atomic mass is 9.92. The minimum Gasteiger partial charge on any atom is -0.365 e. The van der Waals surface area contributed by atoms with Gasteiger partial charge in [0, 0.05) is 29.2 Å². The highest BCUT2D eigenvalue weighted by molar-refractivity contribution is 7.90. The molecule has 3 N–H and O–H groups in total. The molecule has 4 aromatic rings. The van der Waals surface area contributed by atoms with Crippen molar-refractivity contribution < 1.29 is 17.2 Å². The van der Waals surface area contributed by atoms with Crippen LogP contribution >= 0.6 is 0 Å². The van der Waals surface area contributed by atoms with Crippen molar-refractivity contribution in [3.05, 3.63) is 66.1 Å². The minimum absolute atomic E-state index is 0.0132. The third-order valence-electron chi connectivity index (χ3n) is 6.20. The number of aromatic nitrogens is 4. The normalized spacial score (nSPS) is 18.6. The van der Waals surface area contributed by atoms with Gasteiger partial charge >= 0.3 is 0 Å². The van der Waals surface area contributed by atoms with E-state index >= 15 is 0 Å². The number of fused-ring (bicyclic) bond motifs is 1. The topological polar surface area (TPSA) is 116 Å². The van der Waals surface area contributed by atoms with Crippen molar-refractivity contribution in [1.82, 2.24) is 18.9 Å². The Kier molecular flexibility index (Phi) is 5.97.